The van der Waals surface area contributed by atoms with Gasteiger partial charge >= 0.3 is 6.03 Å². The Morgan fingerprint density at radius 1 is 0.923 bits per heavy atom. The fraction of sp³-hybridized carbons (Fsp3) is 0.100. The minimum Gasteiger partial charge on any atom is -0.488 e. The lowest BCUT2D eigenvalue weighted by Crippen LogP contribution is -2.54. The lowest BCUT2D eigenvalue weighted by Gasteiger charge is -2.26. The number of rotatable bonds is 6. The van der Waals surface area contributed by atoms with Crippen molar-refractivity contribution in [1.29, 1.82) is 0 Å². The van der Waals surface area contributed by atoms with E-state index in [-0.39, 0.29) is 23.6 Å². The van der Waals surface area contributed by atoms with Crippen LogP contribution in [0.1, 0.15) is 22.3 Å². The van der Waals surface area contributed by atoms with E-state index in [4.69, 9.17) is 4.74 Å². The molecule has 1 heterocycles. The molecule has 1 aliphatic rings. The van der Waals surface area contributed by atoms with E-state index < -0.39 is 22.8 Å². The minimum atomic E-state index is -0.944. The van der Waals surface area contributed by atoms with E-state index in [9.17, 15) is 24.5 Å². The van der Waals surface area contributed by atoms with E-state index >= 15 is 0 Å². The number of amides is 4. The van der Waals surface area contributed by atoms with E-state index in [2.05, 4.69) is 11.4 Å². The van der Waals surface area contributed by atoms with Crippen LogP contribution in [0.3, 0.4) is 0 Å². The van der Waals surface area contributed by atoms with Gasteiger partial charge in [0, 0.05) is 17.7 Å². The molecule has 9 heteroatoms. The average molecular weight is 522 g/mol. The molecule has 9 nitrogen and oxygen atoms in total. The van der Waals surface area contributed by atoms with Crippen LogP contribution in [0.25, 0.3) is 16.8 Å². The molecule has 1 aliphatic heterocycles. The molecule has 0 unspecified atom stereocenters. The highest BCUT2D eigenvalue weighted by molar-refractivity contribution is 6.39. The second-order valence-corrected chi connectivity index (χ2v) is 9.21. The van der Waals surface area contributed by atoms with Crippen molar-refractivity contribution in [2.45, 2.75) is 20.5 Å². The fourth-order valence-electron chi connectivity index (χ4n) is 4.62. The second-order valence-electron chi connectivity index (χ2n) is 9.21. The molecule has 39 heavy (non-hydrogen) atoms. The zero-order valence-electron chi connectivity index (χ0n) is 21.1. The number of anilines is 1. The van der Waals surface area contributed by atoms with Gasteiger partial charge in [-0.3, -0.25) is 25.0 Å². The predicted molar refractivity (Wildman–Crippen MR) is 146 cm³/mol. The molecule has 1 saturated heterocycles. The Morgan fingerprint density at radius 2 is 1.62 bits per heavy atom. The van der Waals surface area contributed by atoms with Crippen molar-refractivity contribution in [3.63, 3.8) is 0 Å². The minimum absolute atomic E-state index is 0.0886. The Morgan fingerprint density at radius 3 is 2.31 bits per heavy atom. The first-order valence-corrected chi connectivity index (χ1v) is 12.1. The van der Waals surface area contributed by atoms with Crippen molar-refractivity contribution in [1.82, 2.24) is 5.32 Å². The van der Waals surface area contributed by atoms with Crippen LogP contribution in [0.4, 0.5) is 16.2 Å². The van der Waals surface area contributed by atoms with Crippen LogP contribution in [0.2, 0.25) is 0 Å². The summed E-state index contributed by atoms with van der Waals surface area (Å²) in [7, 11) is 0. The van der Waals surface area contributed by atoms with Crippen LogP contribution in [-0.4, -0.2) is 22.8 Å². The van der Waals surface area contributed by atoms with Gasteiger partial charge in [-0.25, -0.2) is 9.69 Å². The third-order valence-electron chi connectivity index (χ3n) is 6.32. The Hall–Kier alpha value is -5.31. The van der Waals surface area contributed by atoms with Crippen LogP contribution >= 0.6 is 0 Å². The standard InChI is InChI=1S/C30H23N3O6/c1-18-13-19(2)15-20(14-18)17-39-27-12-7-21-5-3-4-6-24(21)25(27)16-26-28(34)31-30(36)32(29(26)35)22-8-10-23(11-9-22)33(37)38/h3-16H,17H2,1-2H3,(H,31,34,36)/b26-16+. The van der Waals surface area contributed by atoms with Crippen LogP contribution in [0, 0.1) is 24.0 Å². The SMILES string of the molecule is Cc1cc(C)cc(COc2ccc3ccccc3c2/C=C2\C(=O)NC(=O)N(c3ccc([N+](=O)[O-])cc3)C2=O)c1. The Labute approximate surface area is 223 Å². The third-order valence-corrected chi connectivity index (χ3v) is 6.32. The predicted octanol–water partition coefficient (Wildman–Crippen LogP) is 5.61. The Kier molecular flexibility index (Phi) is 6.64. The van der Waals surface area contributed by atoms with Gasteiger partial charge in [0.15, 0.2) is 0 Å². The summed E-state index contributed by atoms with van der Waals surface area (Å²) in [4.78, 5) is 50.2. The van der Waals surface area contributed by atoms with Crippen molar-refractivity contribution in [3.8, 4) is 5.75 Å². The summed E-state index contributed by atoms with van der Waals surface area (Å²) in [5.41, 5.74) is 3.31. The topological polar surface area (TPSA) is 119 Å². The normalized spacial score (nSPS) is 14.6. The maximum atomic E-state index is 13.5. The van der Waals surface area contributed by atoms with Gasteiger partial charge in [0.25, 0.3) is 17.5 Å². The largest absolute Gasteiger partial charge is 0.488 e. The van der Waals surface area contributed by atoms with E-state index in [0.717, 1.165) is 32.4 Å². The quantitative estimate of drug-likeness (QED) is 0.152. The second kappa shape index (κ2) is 10.2. The molecule has 4 aromatic rings. The summed E-state index contributed by atoms with van der Waals surface area (Å²) >= 11 is 0. The Bertz CT molecular complexity index is 1670. The van der Waals surface area contributed by atoms with Crippen molar-refractivity contribution in [2.75, 3.05) is 4.90 Å². The van der Waals surface area contributed by atoms with E-state index in [1.54, 1.807) is 6.07 Å². The molecule has 4 amide bonds. The molecule has 0 radical (unpaired) electrons. The number of hydrogen-bond acceptors (Lipinski definition) is 6. The number of nitrogens with one attached hydrogen (secondary N) is 1. The summed E-state index contributed by atoms with van der Waals surface area (Å²) in [6.07, 6.45) is 1.42. The first kappa shape index (κ1) is 25.3. The molecule has 5 rings (SSSR count). The number of urea groups is 1. The zero-order valence-corrected chi connectivity index (χ0v) is 21.1. The molecule has 0 aliphatic carbocycles. The summed E-state index contributed by atoms with van der Waals surface area (Å²) in [6, 6.07) is 21.2. The van der Waals surface area contributed by atoms with Gasteiger partial charge in [-0.05, 0) is 54.5 Å². The lowest BCUT2D eigenvalue weighted by molar-refractivity contribution is -0.384. The van der Waals surface area contributed by atoms with Crippen molar-refractivity contribution in [3.05, 3.63) is 117 Å². The van der Waals surface area contributed by atoms with Gasteiger partial charge in [0.2, 0.25) is 0 Å². The van der Waals surface area contributed by atoms with Crippen LogP contribution < -0.4 is 15.0 Å². The average Bonchev–Trinajstić information content (AvgIpc) is 2.90. The molecule has 0 saturated carbocycles. The monoisotopic (exact) mass is 521 g/mol. The maximum Gasteiger partial charge on any atom is 0.335 e. The maximum absolute atomic E-state index is 13.5. The molecule has 1 N–H and O–H groups in total. The fourth-order valence-corrected chi connectivity index (χ4v) is 4.62. The number of aryl methyl sites for hydroxylation is 2. The molecule has 0 spiro atoms. The van der Waals surface area contributed by atoms with Gasteiger partial charge in [-0.1, -0.05) is 59.7 Å². The number of imide groups is 2. The van der Waals surface area contributed by atoms with Crippen LogP contribution in [0.15, 0.2) is 84.4 Å². The van der Waals surface area contributed by atoms with Crippen molar-refractivity contribution >= 4 is 46.1 Å². The van der Waals surface area contributed by atoms with E-state index in [1.807, 2.05) is 56.3 Å². The van der Waals surface area contributed by atoms with Gasteiger partial charge in [0.1, 0.15) is 17.9 Å². The highest BCUT2D eigenvalue weighted by Gasteiger charge is 2.37. The number of hydrogen-bond donors (Lipinski definition) is 1. The van der Waals surface area contributed by atoms with Crippen LogP contribution in [-0.2, 0) is 16.2 Å². The first-order chi connectivity index (χ1) is 18.7. The summed E-state index contributed by atoms with van der Waals surface area (Å²) < 4.78 is 6.19. The van der Waals surface area contributed by atoms with Crippen molar-refractivity contribution < 1.29 is 24.0 Å². The summed E-state index contributed by atoms with van der Waals surface area (Å²) in [5, 5.41) is 14.8. The number of fused-ring (bicyclic) bond motifs is 1. The molecule has 194 valence electrons. The summed E-state index contributed by atoms with van der Waals surface area (Å²) in [6.45, 7) is 4.28. The van der Waals surface area contributed by atoms with Gasteiger partial charge in [-0.15, -0.1) is 0 Å². The van der Waals surface area contributed by atoms with Gasteiger partial charge in [0.05, 0.1) is 10.6 Å². The first-order valence-electron chi connectivity index (χ1n) is 12.1. The Balaban J connectivity index is 1.56. The van der Waals surface area contributed by atoms with E-state index in [1.165, 1.54) is 30.3 Å². The number of carbonyl (C=O) groups is 3. The van der Waals surface area contributed by atoms with Crippen LogP contribution in [0.5, 0.6) is 5.75 Å². The molecular weight excluding hydrogens is 498 g/mol. The molecular formula is C30H23N3O6. The number of benzene rings is 4. The number of non-ortho nitro benzene ring substituents is 1. The van der Waals surface area contributed by atoms with Gasteiger partial charge < -0.3 is 4.74 Å². The number of carbonyl (C=O) groups excluding carboxylic acids is 3. The number of nitro benzene ring substituents is 1. The summed E-state index contributed by atoms with van der Waals surface area (Å²) in [5.74, 6) is -1.25. The number of barbiturate groups is 1. The molecule has 1 fully saturated rings. The highest BCUT2D eigenvalue weighted by atomic mass is 16.6. The molecule has 4 aromatic carbocycles. The number of ether oxygens (including phenoxy) is 1. The van der Waals surface area contributed by atoms with Crippen molar-refractivity contribution in [2.24, 2.45) is 0 Å². The number of nitrogens with zero attached hydrogens (tertiary/aromatic N) is 2. The molecule has 0 aromatic heterocycles. The molecule has 0 bridgehead atoms. The lowest BCUT2D eigenvalue weighted by atomic mass is 9.99. The van der Waals surface area contributed by atoms with E-state index in [0.29, 0.717) is 11.3 Å². The zero-order chi connectivity index (χ0) is 27.7. The highest BCUT2D eigenvalue weighted by Crippen LogP contribution is 2.32. The smallest absolute Gasteiger partial charge is 0.335 e. The van der Waals surface area contributed by atoms with Gasteiger partial charge in [-0.2, -0.15) is 0 Å². The third kappa shape index (κ3) is 5.10. The number of nitro groups is 1. The molecule has 0 atom stereocenters.